The highest BCUT2D eigenvalue weighted by Gasteiger charge is 2.14. The average molecular weight is 250 g/mol. The molecule has 1 amide bonds. The normalized spacial score (nSPS) is 11.2. The van der Waals surface area contributed by atoms with E-state index in [2.05, 4.69) is 10.3 Å². The van der Waals surface area contributed by atoms with Gasteiger partial charge in [0.25, 0.3) is 0 Å². The molecular weight excluding hydrogens is 228 g/mol. The fraction of sp³-hybridized carbons (Fsp3) is 0.538. The number of carbonyl (C=O) groups excluding carboxylic acids is 1. The summed E-state index contributed by atoms with van der Waals surface area (Å²) in [7, 11) is 3.78. The van der Waals surface area contributed by atoms with E-state index < -0.39 is 0 Å². The summed E-state index contributed by atoms with van der Waals surface area (Å²) in [6, 6.07) is 3.64. The van der Waals surface area contributed by atoms with Crippen LogP contribution >= 0.6 is 0 Å². The summed E-state index contributed by atoms with van der Waals surface area (Å²) < 4.78 is 0. The number of nitrogens with zero attached hydrogens (tertiary/aromatic N) is 2. The number of hydrogen-bond donors (Lipinski definition) is 2. The van der Waals surface area contributed by atoms with Crippen LogP contribution in [0.3, 0.4) is 0 Å². The van der Waals surface area contributed by atoms with Crippen LogP contribution in [0.2, 0.25) is 0 Å². The molecule has 5 heteroatoms. The number of rotatable bonds is 5. The Morgan fingerprint density at radius 2 is 2.17 bits per heavy atom. The van der Waals surface area contributed by atoms with Gasteiger partial charge in [0, 0.05) is 32.3 Å². The molecular formula is C13H22N4O. The number of anilines is 2. The molecule has 18 heavy (non-hydrogen) atoms. The second kappa shape index (κ2) is 5.82. The summed E-state index contributed by atoms with van der Waals surface area (Å²) in [6.07, 6.45) is 2.76. The van der Waals surface area contributed by atoms with Crippen molar-refractivity contribution in [3.8, 4) is 0 Å². The molecule has 0 radical (unpaired) electrons. The summed E-state index contributed by atoms with van der Waals surface area (Å²) in [5.41, 5.74) is 6.26. The quantitative estimate of drug-likeness (QED) is 0.832. The van der Waals surface area contributed by atoms with Gasteiger partial charge >= 0.3 is 0 Å². The molecule has 0 spiro atoms. The van der Waals surface area contributed by atoms with Crippen LogP contribution in [-0.4, -0.2) is 30.5 Å². The molecule has 1 heterocycles. The maximum Gasteiger partial charge on any atom is 0.224 e. The van der Waals surface area contributed by atoms with Gasteiger partial charge in [-0.05, 0) is 32.4 Å². The Balaban J connectivity index is 2.65. The molecule has 0 saturated heterocycles. The molecule has 3 N–H and O–H groups in total. The average Bonchev–Trinajstić information content (AvgIpc) is 2.26. The lowest BCUT2D eigenvalue weighted by molar-refractivity contribution is -0.116. The summed E-state index contributed by atoms with van der Waals surface area (Å²) in [6.45, 7) is 3.82. The SMILES string of the molecule is CN(C)c1ncccc1NC(=O)CCC(C)(C)N. The summed E-state index contributed by atoms with van der Waals surface area (Å²) in [5, 5.41) is 2.87. The molecule has 1 aromatic rings. The Morgan fingerprint density at radius 3 is 2.72 bits per heavy atom. The molecule has 0 fully saturated rings. The van der Waals surface area contributed by atoms with E-state index in [0.29, 0.717) is 12.8 Å². The highest BCUT2D eigenvalue weighted by molar-refractivity contribution is 5.93. The molecule has 5 nitrogen and oxygen atoms in total. The van der Waals surface area contributed by atoms with Crippen LogP contribution in [0, 0.1) is 0 Å². The summed E-state index contributed by atoms with van der Waals surface area (Å²) >= 11 is 0. The van der Waals surface area contributed by atoms with E-state index in [9.17, 15) is 4.79 Å². The monoisotopic (exact) mass is 250 g/mol. The number of nitrogens with two attached hydrogens (primary N) is 1. The smallest absolute Gasteiger partial charge is 0.224 e. The molecule has 0 aliphatic carbocycles. The van der Waals surface area contributed by atoms with E-state index >= 15 is 0 Å². The largest absolute Gasteiger partial charge is 0.361 e. The van der Waals surface area contributed by atoms with Gasteiger partial charge in [-0.3, -0.25) is 4.79 Å². The molecule has 0 bridgehead atoms. The van der Waals surface area contributed by atoms with E-state index in [-0.39, 0.29) is 11.4 Å². The minimum atomic E-state index is -0.323. The molecule has 1 rings (SSSR count). The van der Waals surface area contributed by atoms with E-state index in [4.69, 9.17) is 5.73 Å². The second-order valence-electron chi connectivity index (χ2n) is 5.31. The van der Waals surface area contributed by atoms with Gasteiger partial charge in [-0.1, -0.05) is 0 Å². The Morgan fingerprint density at radius 1 is 1.50 bits per heavy atom. The number of aromatic nitrogens is 1. The van der Waals surface area contributed by atoms with Gasteiger partial charge < -0.3 is 16.0 Å². The van der Waals surface area contributed by atoms with E-state index in [1.165, 1.54) is 0 Å². The zero-order chi connectivity index (χ0) is 13.8. The first-order valence-corrected chi connectivity index (χ1v) is 6.01. The van der Waals surface area contributed by atoms with Crippen LogP contribution in [0.25, 0.3) is 0 Å². The van der Waals surface area contributed by atoms with Crippen LogP contribution in [0.5, 0.6) is 0 Å². The molecule has 1 aromatic heterocycles. The zero-order valence-electron chi connectivity index (χ0n) is 11.5. The van der Waals surface area contributed by atoms with Crippen molar-refractivity contribution in [2.24, 2.45) is 5.73 Å². The lowest BCUT2D eigenvalue weighted by atomic mass is 10.00. The molecule has 0 aromatic carbocycles. The first-order valence-electron chi connectivity index (χ1n) is 6.01. The first kappa shape index (κ1) is 14.4. The van der Waals surface area contributed by atoms with E-state index in [1.54, 1.807) is 12.3 Å². The highest BCUT2D eigenvalue weighted by atomic mass is 16.1. The predicted molar refractivity (Wildman–Crippen MR) is 74.7 cm³/mol. The lowest BCUT2D eigenvalue weighted by Crippen LogP contribution is -2.33. The summed E-state index contributed by atoms with van der Waals surface area (Å²) in [5.74, 6) is 0.711. The zero-order valence-corrected chi connectivity index (χ0v) is 11.5. The van der Waals surface area contributed by atoms with Crippen LogP contribution in [0.1, 0.15) is 26.7 Å². The van der Waals surface area contributed by atoms with Crippen molar-refractivity contribution in [3.05, 3.63) is 18.3 Å². The van der Waals surface area contributed by atoms with Gasteiger partial charge in [-0.25, -0.2) is 4.98 Å². The van der Waals surface area contributed by atoms with E-state index in [0.717, 1.165) is 11.5 Å². The number of nitrogens with one attached hydrogen (secondary N) is 1. The van der Waals surface area contributed by atoms with Crippen molar-refractivity contribution in [2.75, 3.05) is 24.3 Å². The molecule has 0 aliphatic rings. The van der Waals surface area contributed by atoms with Gasteiger partial charge in [0.1, 0.15) is 0 Å². The maximum atomic E-state index is 11.8. The Kier molecular flexibility index (Phi) is 4.67. The van der Waals surface area contributed by atoms with Gasteiger partial charge in [0.05, 0.1) is 5.69 Å². The topological polar surface area (TPSA) is 71.2 Å². The lowest BCUT2D eigenvalue weighted by Gasteiger charge is -2.19. The third-order valence-electron chi connectivity index (χ3n) is 2.48. The number of carbonyl (C=O) groups is 1. The fourth-order valence-corrected chi connectivity index (χ4v) is 1.50. The fourth-order valence-electron chi connectivity index (χ4n) is 1.50. The Hall–Kier alpha value is -1.62. The van der Waals surface area contributed by atoms with Gasteiger partial charge in [-0.15, -0.1) is 0 Å². The van der Waals surface area contributed by atoms with E-state index in [1.807, 2.05) is 38.9 Å². The molecule has 0 aliphatic heterocycles. The third-order valence-corrected chi connectivity index (χ3v) is 2.48. The van der Waals surface area contributed by atoms with Gasteiger partial charge in [0.15, 0.2) is 5.82 Å². The number of hydrogen-bond acceptors (Lipinski definition) is 4. The molecule has 0 atom stereocenters. The second-order valence-corrected chi connectivity index (χ2v) is 5.31. The minimum absolute atomic E-state index is 0.0374. The maximum absolute atomic E-state index is 11.8. The van der Waals surface area contributed by atoms with Crippen molar-refractivity contribution in [2.45, 2.75) is 32.2 Å². The van der Waals surface area contributed by atoms with Crippen molar-refractivity contribution in [3.63, 3.8) is 0 Å². The Bertz CT molecular complexity index is 410. The standard InChI is InChI=1S/C13H22N4O/c1-13(2,14)8-7-11(18)16-10-6-5-9-15-12(10)17(3)4/h5-6,9H,7-8,14H2,1-4H3,(H,16,18). The van der Waals surface area contributed by atoms with Gasteiger partial charge in [-0.2, -0.15) is 0 Å². The molecule has 100 valence electrons. The van der Waals surface area contributed by atoms with Crippen LogP contribution in [-0.2, 0) is 4.79 Å². The van der Waals surface area contributed by atoms with Crippen molar-refractivity contribution in [1.82, 2.24) is 4.98 Å². The molecule has 0 unspecified atom stereocenters. The van der Waals surface area contributed by atoms with Crippen LogP contribution in [0.15, 0.2) is 18.3 Å². The number of amides is 1. The minimum Gasteiger partial charge on any atom is -0.361 e. The first-order chi connectivity index (χ1) is 8.29. The number of pyridine rings is 1. The highest BCUT2D eigenvalue weighted by Crippen LogP contribution is 2.20. The van der Waals surface area contributed by atoms with Gasteiger partial charge in [0.2, 0.25) is 5.91 Å². The van der Waals surface area contributed by atoms with Crippen molar-refractivity contribution >= 4 is 17.4 Å². The Labute approximate surface area is 108 Å². The van der Waals surface area contributed by atoms with Crippen LogP contribution in [0.4, 0.5) is 11.5 Å². The van der Waals surface area contributed by atoms with Crippen LogP contribution < -0.4 is 16.0 Å². The molecule has 0 saturated carbocycles. The summed E-state index contributed by atoms with van der Waals surface area (Å²) in [4.78, 5) is 17.9. The van der Waals surface area contributed by atoms with Crippen molar-refractivity contribution < 1.29 is 4.79 Å². The van der Waals surface area contributed by atoms with Crippen molar-refractivity contribution in [1.29, 1.82) is 0 Å². The predicted octanol–water partition coefficient (Wildman–Crippen LogP) is 1.60. The third kappa shape index (κ3) is 4.71.